The summed E-state index contributed by atoms with van der Waals surface area (Å²) in [4.78, 5) is 30.4. The van der Waals surface area contributed by atoms with Gasteiger partial charge in [-0.3, -0.25) is 9.88 Å². The Kier molecular flexibility index (Phi) is 6.21. The molecule has 2 aromatic heterocycles. The molecule has 2 unspecified atom stereocenters. The van der Waals surface area contributed by atoms with Crippen LogP contribution in [0.1, 0.15) is 33.6 Å². The Morgan fingerprint density at radius 1 is 1.08 bits per heavy atom. The Labute approximate surface area is 230 Å². The smallest absolute Gasteiger partial charge is 0.410 e. The largest absolute Gasteiger partial charge is 0.467 e. The number of pyridine rings is 1. The van der Waals surface area contributed by atoms with Crippen molar-refractivity contribution >= 4 is 45.2 Å². The van der Waals surface area contributed by atoms with Crippen LogP contribution in [0, 0.1) is 5.82 Å². The van der Waals surface area contributed by atoms with Crippen molar-refractivity contribution in [3.8, 4) is 17.3 Å². The Balaban J connectivity index is 1.41. The molecule has 2 saturated heterocycles. The van der Waals surface area contributed by atoms with E-state index in [4.69, 9.17) is 21.1 Å². The van der Waals surface area contributed by atoms with Crippen molar-refractivity contribution in [2.45, 2.75) is 51.3 Å². The molecule has 0 saturated carbocycles. The Hall–Kier alpha value is -3.72. The topological polar surface area (TPSA) is 80.7 Å². The lowest BCUT2D eigenvalue weighted by Crippen LogP contribution is -2.57. The van der Waals surface area contributed by atoms with Crippen molar-refractivity contribution in [2.75, 3.05) is 25.1 Å². The van der Waals surface area contributed by atoms with Crippen molar-refractivity contribution in [3.05, 3.63) is 53.4 Å². The Morgan fingerprint density at radius 3 is 2.44 bits per heavy atom. The van der Waals surface area contributed by atoms with Gasteiger partial charge in [-0.05, 0) is 45.1 Å². The summed E-state index contributed by atoms with van der Waals surface area (Å²) in [6.45, 7) is 6.67. The van der Waals surface area contributed by atoms with Crippen LogP contribution in [0.3, 0.4) is 0 Å². The summed E-state index contributed by atoms with van der Waals surface area (Å²) >= 11 is 6.52. The zero-order valence-corrected chi connectivity index (χ0v) is 23.0. The van der Waals surface area contributed by atoms with Gasteiger partial charge in [0.1, 0.15) is 22.6 Å². The third-order valence-electron chi connectivity index (χ3n) is 7.32. The van der Waals surface area contributed by atoms with E-state index in [9.17, 15) is 4.79 Å². The first-order valence-corrected chi connectivity index (χ1v) is 13.4. The molecule has 8 nitrogen and oxygen atoms in total. The molecule has 4 heterocycles. The molecule has 0 N–H and O–H groups in total. The van der Waals surface area contributed by atoms with Gasteiger partial charge in [0.2, 0.25) is 0 Å². The van der Waals surface area contributed by atoms with Gasteiger partial charge >= 0.3 is 12.1 Å². The Bertz CT molecular complexity index is 1590. The minimum Gasteiger partial charge on any atom is -0.467 e. The summed E-state index contributed by atoms with van der Waals surface area (Å²) in [5.74, 6) is -0.0382. The number of benzene rings is 2. The molecule has 1 amide bonds. The molecule has 2 aliphatic heterocycles. The third kappa shape index (κ3) is 4.48. The van der Waals surface area contributed by atoms with E-state index >= 15 is 4.39 Å². The number of methoxy groups -OCH3 is 1. The van der Waals surface area contributed by atoms with Crippen molar-refractivity contribution in [1.29, 1.82) is 0 Å². The number of halogens is 2. The van der Waals surface area contributed by atoms with E-state index in [1.165, 1.54) is 7.11 Å². The van der Waals surface area contributed by atoms with E-state index in [1.807, 2.05) is 49.9 Å². The van der Waals surface area contributed by atoms with Crippen LogP contribution in [-0.4, -0.2) is 63.8 Å². The molecule has 0 radical (unpaired) electrons. The van der Waals surface area contributed by atoms with E-state index in [2.05, 4.69) is 19.9 Å². The molecule has 4 aromatic rings. The van der Waals surface area contributed by atoms with Gasteiger partial charge in [0.05, 0.1) is 24.6 Å². The van der Waals surface area contributed by atoms with Crippen molar-refractivity contribution in [2.24, 2.45) is 0 Å². The number of hydrogen-bond donors (Lipinski definition) is 0. The minimum atomic E-state index is -0.572. The number of aromatic nitrogens is 3. The van der Waals surface area contributed by atoms with Crippen molar-refractivity contribution in [1.82, 2.24) is 19.9 Å². The van der Waals surface area contributed by atoms with Crippen LogP contribution in [0.5, 0.6) is 6.01 Å². The summed E-state index contributed by atoms with van der Waals surface area (Å²) < 4.78 is 27.3. The SMILES string of the molecule is COc1nc(N2CC3CCC(C2)N3C(=O)OC(C)(C)C)c2cnc(-c3cccc4cccc(Cl)c34)c(F)c2n1. The molecule has 2 bridgehead atoms. The monoisotopic (exact) mass is 549 g/mol. The van der Waals surface area contributed by atoms with E-state index in [-0.39, 0.29) is 35.4 Å². The van der Waals surface area contributed by atoms with Gasteiger partial charge in [0.15, 0.2) is 5.82 Å². The first kappa shape index (κ1) is 25.6. The standard InChI is InChI=1S/C29H29ClFN5O3/c1-29(2,3)39-28(37)36-17-11-12-18(36)15-35(14-17)26-20-13-32-24(23(31)25(20)33-27(34-26)38-4)19-9-5-7-16-8-6-10-21(30)22(16)19/h5-10,13,17-18H,11-12,14-15H2,1-4H3. The van der Waals surface area contributed by atoms with Crippen molar-refractivity contribution in [3.63, 3.8) is 0 Å². The van der Waals surface area contributed by atoms with Crippen LogP contribution in [-0.2, 0) is 4.74 Å². The van der Waals surface area contributed by atoms with Crippen LogP contribution >= 0.6 is 11.6 Å². The highest BCUT2D eigenvalue weighted by Gasteiger charge is 2.45. The van der Waals surface area contributed by atoms with E-state index < -0.39 is 11.4 Å². The molecular formula is C29H29ClFN5O3. The fraction of sp³-hybridized carbons (Fsp3) is 0.379. The molecule has 202 valence electrons. The summed E-state index contributed by atoms with van der Waals surface area (Å²) in [6.07, 6.45) is 3.03. The number of fused-ring (bicyclic) bond motifs is 4. The zero-order valence-electron chi connectivity index (χ0n) is 22.2. The quantitative estimate of drug-likeness (QED) is 0.299. The number of hydrogen-bond acceptors (Lipinski definition) is 7. The fourth-order valence-corrected chi connectivity index (χ4v) is 6.01. The van der Waals surface area contributed by atoms with Crippen LogP contribution in [0.2, 0.25) is 5.02 Å². The maximum Gasteiger partial charge on any atom is 0.410 e. The predicted molar refractivity (Wildman–Crippen MR) is 149 cm³/mol. The van der Waals surface area contributed by atoms with Crippen LogP contribution in [0.25, 0.3) is 32.9 Å². The van der Waals surface area contributed by atoms with Crippen LogP contribution < -0.4 is 9.64 Å². The highest BCUT2D eigenvalue weighted by atomic mass is 35.5. The average Bonchev–Trinajstić information content (AvgIpc) is 3.17. The fourth-order valence-electron chi connectivity index (χ4n) is 5.72. The van der Waals surface area contributed by atoms with Gasteiger partial charge in [-0.1, -0.05) is 41.9 Å². The number of carbonyl (C=O) groups is 1. The molecular weight excluding hydrogens is 521 g/mol. The molecule has 39 heavy (non-hydrogen) atoms. The van der Waals surface area contributed by atoms with Gasteiger partial charge in [0.25, 0.3) is 0 Å². The third-order valence-corrected chi connectivity index (χ3v) is 7.64. The number of ether oxygens (including phenoxy) is 2. The highest BCUT2D eigenvalue weighted by Crippen LogP contribution is 2.39. The molecule has 0 spiro atoms. The van der Waals surface area contributed by atoms with Crippen LogP contribution in [0.15, 0.2) is 42.6 Å². The number of carbonyl (C=O) groups excluding carboxylic acids is 1. The maximum absolute atomic E-state index is 16.2. The molecule has 2 aromatic carbocycles. The molecule has 6 rings (SSSR count). The molecule has 2 aliphatic rings. The second kappa shape index (κ2) is 9.48. The summed E-state index contributed by atoms with van der Waals surface area (Å²) in [6, 6.07) is 11.1. The average molecular weight is 550 g/mol. The van der Waals surface area contributed by atoms with Gasteiger partial charge in [-0.2, -0.15) is 9.97 Å². The summed E-state index contributed by atoms with van der Waals surface area (Å²) in [5.41, 5.74) is 0.287. The lowest BCUT2D eigenvalue weighted by Gasteiger charge is -2.42. The van der Waals surface area contributed by atoms with E-state index in [0.717, 1.165) is 23.6 Å². The number of amides is 1. The normalized spacial score (nSPS) is 19.1. The second-order valence-electron chi connectivity index (χ2n) is 11.0. The first-order chi connectivity index (χ1) is 18.6. The summed E-state index contributed by atoms with van der Waals surface area (Å²) in [5, 5.41) is 2.61. The second-order valence-corrected chi connectivity index (χ2v) is 11.4. The predicted octanol–water partition coefficient (Wildman–Crippen LogP) is 6.23. The van der Waals surface area contributed by atoms with E-state index in [0.29, 0.717) is 34.9 Å². The summed E-state index contributed by atoms with van der Waals surface area (Å²) in [7, 11) is 1.46. The molecule has 2 atom stereocenters. The Morgan fingerprint density at radius 2 is 1.77 bits per heavy atom. The molecule has 10 heteroatoms. The number of rotatable bonds is 3. The number of piperazine rings is 1. The zero-order chi connectivity index (χ0) is 27.5. The maximum atomic E-state index is 16.2. The molecule has 0 aliphatic carbocycles. The van der Waals surface area contributed by atoms with Gasteiger partial charge < -0.3 is 14.4 Å². The van der Waals surface area contributed by atoms with E-state index in [1.54, 1.807) is 18.3 Å². The lowest BCUT2D eigenvalue weighted by atomic mass is 10.0. The first-order valence-electron chi connectivity index (χ1n) is 13.0. The molecule has 2 fully saturated rings. The van der Waals surface area contributed by atoms with Gasteiger partial charge in [-0.15, -0.1) is 0 Å². The van der Waals surface area contributed by atoms with Crippen molar-refractivity contribution < 1.29 is 18.7 Å². The number of anilines is 1. The van der Waals surface area contributed by atoms with Gasteiger partial charge in [-0.25, -0.2) is 9.18 Å². The minimum absolute atomic E-state index is 0.0375. The van der Waals surface area contributed by atoms with Gasteiger partial charge in [0, 0.05) is 35.3 Å². The lowest BCUT2D eigenvalue weighted by molar-refractivity contribution is 0.0123. The van der Waals surface area contributed by atoms with Crippen LogP contribution in [0.4, 0.5) is 15.0 Å². The highest BCUT2D eigenvalue weighted by molar-refractivity contribution is 6.36. The number of nitrogens with zero attached hydrogens (tertiary/aromatic N) is 5.